The Bertz CT molecular complexity index is 691. The molecule has 1 saturated carbocycles. The second-order valence-electron chi connectivity index (χ2n) is 7.59. The van der Waals surface area contributed by atoms with Crippen molar-refractivity contribution >= 4 is 11.8 Å². The van der Waals surface area contributed by atoms with Gasteiger partial charge in [0.15, 0.2) is 5.69 Å². The quantitative estimate of drug-likeness (QED) is 0.702. The highest BCUT2D eigenvalue weighted by atomic mass is 19.3. The first-order valence-electron chi connectivity index (χ1n) is 9.75. The SMILES string of the molecule is COCCNC(=O)c1cn(C[C@@H]2CC(F)(F)CN2C(=O)C2CCCCC2)nn1. The summed E-state index contributed by atoms with van der Waals surface area (Å²) in [5.41, 5.74) is 0.103. The maximum Gasteiger partial charge on any atom is 0.273 e. The van der Waals surface area contributed by atoms with Crippen molar-refractivity contribution in [3.8, 4) is 0 Å². The van der Waals surface area contributed by atoms with Crippen LogP contribution in [0.3, 0.4) is 0 Å². The molecule has 1 saturated heterocycles. The Balaban J connectivity index is 1.64. The highest BCUT2D eigenvalue weighted by Gasteiger charge is 2.48. The van der Waals surface area contributed by atoms with Crippen LogP contribution in [0.2, 0.25) is 0 Å². The predicted octanol–water partition coefficient (Wildman–Crippen LogP) is 1.47. The summed E-state index contributed by atoms with van der Waals surface area (Å²) in [7, 11) is 1.53. The summed E-state index contributed by atoms with van der Waals surface area (Å²) >= 11 is 0. The van der Waals surface area contributed by atoms with Gasteiger partial charge in [0.1, 0.15) is 0 Å². The predicted molar refractivity (Wildman–Crippen MR) is 95.9 cm³/mol. The number of likely N-dealkylation sites (tertiary alicyclic amines) is 1. The lowest BCUT2D eigenvalue weighted by molar-refractivity contribution is -0.138. The number of rotatable bonds is 7. The van der Waals surface area contributed by atoms with Crippen molar-refractivity contribution in [1.82, 2.24) is 25.2 Å². The van der Waals surface area contributed by atoms with Gasteiger partial charge in [-0.05, 0) is 12.8 Å². The Labute approximate surface area is 162 Å². The lowest BCUT2D eigenvalue weighted by atomic mass is 9.88. The van der Waals surface area contributed by atoms with E-state index in [0.29, 0.717) is 13.2 Å². The van der Waals surface area contributed by atoms with Crippen molar-refractivity contribution in [2.24, 2.45) is 5.92 Å². The van der Waals surface area contributed by atoms with Crippen LogP contribution in [0.25, 0.3) is 0 Å². The van der Waals surface area contributed by atoms with E-state index in [0.717, 1.165) is 32.1 Å². The fourth-order valence-electron chi connectivity index (χ4n) is 3.97. The summed E-state index contributed by atoms with van der Waals surface area (Å²) in [5.74, 6) is -3.66. The largest absolute Gasteiger partial charge is 0.383 e. The van der Waals surface area contributed by atoms with Crippen molar-refractivity contribution < 1.29 is 23.1 Å². The van der Waals surface area contributed by atoms with Gasteiger partial charge in [0.05, 0.1) is 31.9 Å². The molecule has 0 unspecified atom stereocenters. The van der Waals surface area contributed by atoms with Crippen molar-refractivity contribution in [1.29, 1.82) is 0 Å². The van der Waals surface area contributed by atoms with Gasteiger partial charge in [0, 0.05) is 26.0 Å². The second-order valence-corrected chi connectivity index (χ2v) is 7.59. The molecule has 2 heterocycles. The van der Waals surface area contributed by atoms with E-state index < -0.39 is 30.8 Å². The summed E-state index contributed by atoms with van der Waals surface area (Å²) in [5, 5.41) is 10.3. The molecule has 2 aliphatic rings. The number of amides is 2. The average Bonchev–Trinajstić information content (AvgIpc) is 3.26. The van der Waals surface area contributed by atoms with Crippen LogP contribution < -0.4 is 5.32 Å². The Kier molecular flexibility index (Phi) is 6.58. The number of ether oxygens (including phenoxy) is 1. The monoisotopic (exact) mass is 399 g/mol. The van der Waals surface area contributed by atoms with E-state index in [1.165, 1.54) is 22.9 Å². The highest BCUT2D eigenvalue weighted by molar-refractivity contribution is 5.91. The fourth-order valence-corrected chi connectivity index (χ4v) is 3.97. The van der Waals surface area contributed by atoms with Gasteiger partial charge < -0.3 is 15.0 Å². The molecule has 8 nitrogen and oxygen atoms in total. The minimum atomic E-state index is -2.91. The van der Waals surface area contributed by atoms with Crippen LogP contribution in [0.4, 0.5) is 8.78 Å². The molecule has 1 aliphatic carbocycles. The molecule has 1 atom stereocenters. The van der Waals surface area contributed by atoms with Crippen LogP contribution in [0, 0.1) is 5.92 Å². The van der Waals surface area contributed by atoms with E-state index in [-0.39, 0.29) is 24.1 Å². The molecule has 0 aromatic carbocycles. The average molecular weight is 399 g/mol. The molecule has 0 radical (unpaired) electrons. The molecule has 0 spiro atoms. The van der Waals surface area contributed by atoms with Gasteiger partial charge in [-0.2, -0.15) is 0 Å². The lowest BCUT2D eigenvalue weighted by Gasteiger charge is -2.30. The zero-order valence-electron chi connectivity index (χ0n) is 16.1. The number of carbonyl (C=O) groups excluding carboxylic acids is 2. The number of nitrogens with zero attached hydrogens (tertiary/aromatic N) is 4. The first-order valence-corrected chi connectivity index (χ1v) is 9.75. The summed E-state index contributed by atoms with van der Waals surface area (Å²) in [6.45, 7) is 0.244. The van der Waals surface area contributed by atoms with Crippen LogP contribution in [-0.2, 0) is 16.1 Å². The lowest BCUT2D eigenvalue weighted by Crippen LogP contribution is -2.42. The van der Waals surface area contributed by atoms with E-state index in [9.17, 15) is 18.4 Å². The molecule has 1 aliphatic heterocycles. The summed E-state index contributed by atoms with van der Waals surface area (Å²) in [4.78, 5) is 26.1. The molecule has 1 N–H and O–H groups in total. The second kappa shape index (κ2) is 8.93. The molecular weight excluding hydrogens is 372 g/mol. The molecule has 1 aromatic rings. The number of hydrogen-bond acceptors (Lipinski definition) is 5. The van der Waals surface area contributed by atoms with E-state index in [2.05, 4.69) is 15.6 Å². The van der Waals surface area contributed by atoms with Crippen LogP contribution in [0.15, 0.2) is 6.20 Å². The minimum Gasteiger partial charge on any atom is -0.383 e. The van der Waals surface area contributed by atoms with Gasteiger partial charge in [-0.3, -0.25) is 9.59 Å². The van der Waals surface area contributed by atoms with Gasteiger partial charge in [0.2, 0.25) is 5.91 Å². The molecule has 156 valence electrons. The van der Waals surface area contributed by atoms with Crippen LogP contribution >= 0.6 is 0 Å². The van der Waals surface area contributed by atoms with Crippen molar-refractivity contribution in [2.75, 3.05) is 26.8 Å². The summed E-state index contributed by atoms with van der Waals surface area (Å²) < 4.78 is 34.4. The van der Waals surface area contributed by atoms with Crippen molar-refractivity contribution in [3.63, 3.8) is 0 Å². The molecule has 28 heavy (non-hydrogen) atoms. The van der Waals surface area contributed by atoms with Gasteiger partial charge >= 0.3 is 0 Å². The Morgan fingerprint density at radius 3 is 2.79 bits per heavy atom. The molecule has 2 amide bonds. The first-order chi connectivity index (χ1) is 13.4. The van der Waals surface area contributed by atoms with Crippen molar-refractivity contribution in [2.45, 2.75) is 57.0 Å². The number of nitrogens with one attached hydrogen (secondary N) is 1. The molecule has 3 rings (SSSR count). The minimum absolute atomic E-state index is 0.0897. The van der Waals surface area contributed by atoms with Gasteiger partial charge in [-0.15, -0.1) is 5.10 Å². The smallest absolute Gasteiger partial charge is 0.273 e. The summed E-state index contributed by atoms with van der Waals surface area (Å²) in [6, 6.07) is -0.657. The van der Waals surface area contributed by atoms with Crippen LogP contribution in [0.1, 0.15) is 49.0 Å². The number of carbonyl (C=O) groups is 2. The first kappa shape index (κ1) is 20.6. The van der Waals surface area contributed by atoms with Crippen LogP contribution in [0.5, 0.6) is 0 Å². The zero-order chi connectivity index (χ0) is 20.1. The van der Waals surface area contributed by atoms with Gasteiger partial charge in [-0.1, -0.05) is 24.5 Å². The van der Waals surface area contributed by atoms with Crippen molar-refractivity contribution in [3.05, 3.63) is 11.9 Å². The number of methoxy groups -OCH3 is 1. The molecule has 2 fully saturated rings. The van der Waals surface area contributed by atoms with E-state index in [1.54, 1.807) is 0 Å². The molecule has 0 bridgehead atoms. The standard InChI is InChI=1S/C18H27F2N5O3/c1-28-8-7-21-16(26)15-11-24(23-22-15)10-14-9-18(19,20)12-25(14)17(27)13-5-3-2-4-6-13/h11,13-14H,2-10,12H2,1H3,(H,21,26)/t14-/m0/s1. The van der Waals surface area contributed by atoms with Crippen LogP contribution in [-0.4, -0.2) is 70.5 Å². The maximum atomic E-state index is 14.1. The van der Waals surface area contributed by atoms with Gasteiger partial charge in [-0.25, -0.2) is 13.5 Å². The number of alkyl halides is 2. The highest BCUT2D eigenvalue weighted by Crippen LogP contribution is 2.35. The zero-order valence-corrected chi connectivity index (χ0v) is 16.1. The normalized spacial score (nSPS) is 22.4. The third-order valence-electron chi connectivity index (χ3n) is 5.38. The van der Waals surface area contributed by atoms with Gasteiger partial charge in [0.25, 0.3) is 11.8 Å². The maximum absolute atomic E-state index is 14.1. The van der Waals surface area contributed by atoms with E-state index in [4.69, 9.17) is 4.74 Å². The Morgan fingerprint density at radius 2 is 2.07 bits per heavy atom. The topological polar surface area (TPSA) is 89.4 Å². The Morgan fingerprint density at radius 1 is 1.32 bits per heavy atom. The summed E-state index contributed by atoms with van der Waals surface area (Å²) in [6.07, 6.45) is 5.58. The molecule has 10 heteroatoms. The Hall–Kier alpha value is -2.10. The molecular formula is C18H27F2N5O3. The fraction of sp³-hybridized carbons (Fsp3) is 0.778. The number of aromatic nitrogens is 3. The molecule has 1 aromatic heterocycles. The number of hydrogen-bond donors (Lipinski definition) is 1. The third-order valence-corrected chi connectivity index (χ3v) is 5.38. The third kappa shape index (κ3) is 5.03. The van der Waals surface area contributed by atoms with E-state index >= 15 is 0 Å². The number of halogens is 2. The van der Waals surface area contributed by atoms with E-state index in [1.807, 2.05) is 0 Å².